The molecule has 1 saturated heterocycles. The fourth-order valence-corrected chi connectivity index (χ4v) is 2.33. The van der Waals surface area contributed by atoms with Gasteiger partial charge in [-0.3, -0.25) is 9.88 Å². The van der Waals surface area contributed by atoms with E-state index in [1.165, 1.54) is 19.4 Å². The van der Waals surface area contributed by atoms with Crippen LogP contribution < -0.4 is 0 Å². The molecule has 1 aliphatic heterocycles. The number of aliphatic hydroxyl groups is 1. The number of hydrogen-bond donors (Lipinski definition) is 1. The summed E-state index contributed by atoms with van der Waals surface area (Å²) in [5, 5.41) is 9.29. The molecular formula is C14H19FN2O4. The van der Waals surface area contributed by atoms with Gasteiger partial charge in [-0.1, -0.05) is 0 Å². The van der Waals surface area contributed by atoms with Crippen molar-refractivity contribution in [3.8, 4) is 0 Å². The van der Waals surface area contributed by atoms with Crippen molar-refractivity contribution < 1.29 is 23.8 Å². The number of aliphatic hydroxyl groups excluding tert-OH is 1. The van der Waals surface area contributed by atoms with Crippen LogP contribution >= 0.6 is 0 Å². The van der Waals surface area contributed by atoms with E-state index < -0.39 is 11.8 Å². The van der Waals surface area contributed by atoms with Gasteiger partial charge in [0.15, 0.2) is 5.82 Å². The molecule has 1 aromatic heterocycles. The summed E-state index contributed by atoms with van der Waals surface area (Å²) in [6, 6.07) is 1.22. The van der Waals surface area contributed by atoms with E-state index in [2.05, 4.69) is 9.72 Å². The molecule has 116 valence electrons. The second-order valence-electron chi connectivity index (χ2n) is 4.81. The van der Waals surface area contributed by atoms with Gasteiger partial charge in [-0.05, 0) is 6.07 Å². The maximum Gasteiger partial charge on any atom is 0.340 e. The Bertz CT molecular complexity index is 498. The summed E-state index contributed by atoms with van der Waals surface area (Å²) in [5.41, 5.74) is 0.115. The number of rotatable bonds is 5. The molecule has 1 unspecified atom stereocenters. The lowest BCUT2D eigenvalue weighted by atomic mass is 10.1. The Kier molecular flexibility index (Phi) is 5.60. The van der Waals surface area contributed by atoms with Crippen LogP contribution in [0.25, 0.3) is 0 Å². The van der Waals surface area contributed by atoms with Gasteiger partial charge >= 0.3 is 5.97 Å². The SMILES string of the molecule is COC(=O)c1ccnc(CCN2CCOCC2CO)c1F. The van der Waals surface area contributed by atoms with Crippen LogP contribution in [-0.4, -0.2) is 67.0 Å². The van der Waals surface area contributed by atoms with Crippen molar-refractivity contribution in [3.63, 3.8) is 0 Å². The Hall–Kier alpha value is -1.57. The number of pyridine rings is 1. The van der Waals surface area contributed by atoms with Gasteiger partial charge in [-0.15, -0.1) is 0 Å². The Balaban J connectivity index is 2.04. The summed E-state index contributed by atoms with van der Waals surface area (Å²) in [6.07, 6.45) is 1.75. The number of carbonyl (C=O) groups is 1. The number of methoxy groups -OCH3 is 1. The van der Waals surface area contributed by atoms with Gasteiger partial charge in [0, 0.05) is 25.7 Å². The normalized spacial score (nSPS) is 19.5. The molecule has 0 radical (unpaired) electrons. The summed E-state index contributed by atoms with van der Waals surface area (Å²) in [4.78, 5) is 17.5. The molecular weight excluding hydrogens is 279 g/mol. The minimum Gasteiger partial charge on any atom is -0.465 e. The van der Waals surface area contributed by atoms with Crippen LogP contribution in [0.1, 0.15) is 16.1 Å². The van der Waals surface area contributed by atoms with Crippen molar-refractivity contribution in [2.45, 2.75) is 12.5 Å². The number of esters is 1. The molecule has 7 heteroatoms. The molecule has 0 aromatic carbocycles. The van der Waals surface area contributed by atoms with E-state index in [4.69, 9.17) is 4.74 Å². The maximum absolute atomic E-state index is 14.2. The number of carbonyl (C=O) groups excluding carboxylic acids is 1. The van der Waals surface area contributed by atoms with Crippen molar-refractivity contribution in [1.82, 2.24) is 9.88 Å². The third-order valence-corrected chi connectivity index (χ3v) is 3.56. The zero-order chi connectivity index (χ0) is 15.2. The summed E-state index contributed by atoms with van der Waals surface area (Å²) >= 11 is 0. The molecule has 2 heterocycles. The van der Waals surface area contributed by atoms with E-state index in [0.29, 0.717) is 32.7 Å². The molecule has 0 bridgehead atoms. The zero-order valence-corrected chi connectivity index (χ0v) is 11.9. The number of nitrogens with zero attached hydrogens (tertiary/aromatic N) is 2. The molecule has 1 aliphatic rings. The molecule has 0 spiro atoms. The van der Waals surface area contributed by atoms with Crippen LogP contribution in [0, 0.1) is 5.82 Å². The lowest BCUT2D eigenvalue weighted by molar-refractivity contribution is -0.0268. The third-order valence-electron chi connectivity index (χ3n) is 3.56. The molecule has 21 heavy (non-hydrogen) atoms. The van der Waals surface area contributed by atoms with Gasteiger partial charge in [0.2, 0.25) is 0 Å². The number of halogens is 1. The van der Waals surface area contributed by atoms with Gasteiger partial charge in [-0.2, -0.15) is 0 Å². The highest BCUT2D eigenvalue weighted by molar-refractivity contribution is 5.89. The average molecular weight is 298 g/mol. The van der Waals surface area contributed by atoms with Crippen LogP contribution in [0.3, 0.4) is 0 Å². The van der Waals surface area contributed by atoms with Crippen LogP contribution in [0.2, 0.25) is 0 Å². The van der Waals surface area contributed by atoms with Crippen molar-refractivity contribution in [3.05, 3.63) is 29.3 Å². The van der Waals surface area contributed by atoms with Crippen molar-refractivity contribution in [1.29, 1.82) is 0 Å². The summed E-state index contributed by atoms with van der Waals surface area (Å²) in [7, 11) is 1.21. The fraction of sp³-hybridized carbons (Fsp3) is 0.571. The van der Waals surface area contributed by atoms with Crippen molar-refractivity contribution in [2.24, 2.45) is 0 Å². The van der Waals surface area contributed by atoms with Gasteiger partial charge in [0.1, 0.15) is 0 Å². The Morgan fingerprint density at radius 3 is 3.19 bits per heavy atom. The predicted octanol–water partition coefficient (Wildman–Crippen LogP) is 0.243. The average Bonchev–Trinajstić information content (AvgIpc) is 2.53. The first-order valence-corrected chi connectivity index (χ1v) is 6.81. The molecule has 2 rings (SSSR count). The molecule has 1 fully saturated rings. The first-order valence-electron chi connectivity index (χ1n) is 6.81. The van der Waals surface area contributed by atoms with Crippen LogP contribution in [0.15, 0.2) is 12.3 Å². The summed E-state index contributed by atoms with van der Waals surface area (Å²) in [6.45, 7) is 2.29. The van der Waals surface area contributed by atoms with Gasteiger partial charge in [0.05, 0.1) is 44.2 Å². The maximum atomic E-state index is 14.2. The molecule has 1 N–H and O–H groups in total. The van der Waals surface area contributed by atoms with E-state index in [1.54, 1.807) is 0 Å². The predicted molar refractivity (Wildman–Crippen MR) is 72.5 cm³/mol. The lowest BCUT2D eigenvalue weighted by Gasteiger charge is -2.34. The van der Waals surface area contributed by atoms with Gasteiger partial charge in [-0.25, -0.2) is 9.18 Å². The molecule has 6 nitrogen and oxygen atoms in total. The largest absolute Gasteiger partial charge is 0.465 e. The Labute approximate surface area is 122 Å². The van der Waals surface area contributed by atoms with Gasteiger partial charge in [0.25, 0.3) is 0 Å². The number of ether oxygens (including phenoxy) is 2. The zero-order valence-electron chi connectivity index (χ0n) is 11.9. The number of aromatic nitrogens is 1. The Morgan fingerprint density at radius 2 is 2.48 bits per heavy atom. The van der Waals surface area contributed by atoms with Crippen LogP contribution in [0.5, 0.6) is 0 Å². The first kappa shape index (κ1) is 15.8. The van der Waals surface area contributed by atoms with Crippen LogP contribution in [0.4, 0.5) is 4.39 Å². The van der Waals surface area contributed by atoms with E-state index in [-0.39, 0.29) is 23.9 Å². The quantitative estimate of drug-likeness (QED) is 0.785. The van der Waals surface area contributed by atoms with E-state index in [9.17, 15) is 14.3 Å². The fourth-order valence-electron chi connectivity index (χ4n) is 2.33. The van der Waals surface area contributed by atoms with Crippen molar-refractivity contribution >= 4 is 5.97 Å². The molecule has 0 amide bonds. The number of morpholine rings is 1. The standard InChI is InChI=1S/C14H19FN2O4/c1-20-14(19)11-2-4-16-12(13(11)15)3-5-17-6-7-21-9-10(17)8-18/h2,4,10,18H,3,5-9H2,1H3. The second kappa shape index (κ2) is 7.44. The van der Waals surface area contributed by atoms with E-state index >= 15 is 0 Å². The smallest absolute Gasteiger partial charge is 0.340 e. The van der Waals surface area contributed by atoms with Gasteiger partial charge < -0.3 is 14.6 Å². The highest BCUT2D eigenvalue weighted by atomic mass is 19.1. The summed E-state index contributed by atoms with van der Waals surface area (Å²) in [5.74, 6) is -1.35. The lowest BCUT2D eigenvalue weighted by Crippen LogP contribution is -2.48. The van der Waals surface area contributed by atoms with Crippen LogP contribution in [-0.2, 0) is 15.9 Å². The first-order chi connectivity index (χ1) is 10.2. The second-order valence-corrected chi connectivity index (χ2v) is 4.81. The highest BCUT2D eigenvalue weighted by Gasteiger charge is 2.23. The minimum atomic E-state index is -0.712. The third kappa shape index (κ3) is 3.75. The Morgan fingerprint density at radius 1 is 1.67 bits per heavy atom. The molecule has 1 atom stereocenters. The summed E-state index contributed by atoms with van der Waals surface area (Å²) < 4.78 is 24.0. The van der Waals surface area contributed by atoms with Crippen molar-refractivity contribution in [2.75, 3.05) is 40.0 Å². The monoisotopic (exact) mass is 298 g/mol. The highest BCUT2D eigenvalue weighted by Crippen LogP contribution is 2.14. The molecule has 0 saturated carbocycles. The minimum absolute atomic E-state index is 0.00187. The number of hydrogen-bond acceptors (Lipinski definition) is 6. The van der Waals surface area contributed by atoms with E-state index in [1.807, 2.05) is 4.90 Å². The molecule has 0 aliphatic carbocycles. The topological polar surface area (TPSA) is 71.9 Å². The molecule has 1 aromatic rings. The van der Waals surface area contributed by atoms with E-state index in [0.717, 1.165) is 0 Å².